The lowest BCUT2D eigenvalue weighted by Crippen LogP contribution is -2.27. The zero-order valence-electron chi connectivity index (χ0n) is 15.4. The summed E-state index contributed by atoms with van der Waals surface area (Å²) in [6.07, 6.45) is 1.49. The average molecular weight is 335 g/mol. The summed E-state index contributed by atoms with van der Waals surface area (Å²) in [7, 11) is 3.67. The summed E-state index contributed by atoms with van der Waals surface area (Å²) >= 11 is 0. The summed E-state index contributed by atoms with van der Waals surface area (Å²) in [6, 6.07) is 8.04. The fourth-order valence-electron chi connectivity index (χ4n) is 2.30. The zero-order valence-corrected chi connectivity index (χ0v) is 15.4. The molecule has 0 radical (unpaired) electrons. The summed E-state index contributed by atoms with van der Waals surface area (Å²) in [5, 5.41) is 0. The van der Waals surface area contributed by atoms with Gasteiger partial charge < -0.3 is 9.47 Å². The van der Waals surface area contributed by atoms with Gasteiger partial charge in [0.2, 0.25) is 0 Å². The molecule has 1 rings (SSSR count). The van der Waals surface area contributed by atoms with Gasteiger partial charge in [0.1, 0.15) is 6.10 Å². The van der Waals surface area contributed by atoms with Crippen LogP contribution in [0.1, 0.15) is 38.3 Å². The molecule has 0 amide bonds. The van der Waals surface area contributed by atoms with Crippen molar-refractivity contribution >= 4 is 11.9 Å². The first-order chi connectivity index (χ1) is 11.3. The maximum atomic E-state index is 11.6. The summed E-state index contributed by atoms with van der Waals surface area (Å²) in [6.45, 7) is 5.87. The Labute approximate surface area is 144 Å². The topological polar surface area (TPSA) is 55.8 Å². The van der Waals surface area contributed by atoms with Crippen LogP contribution in [-0.2, 0) is 31.9 Å². The number of nitrogens with zero attached hydrogens (tertiary/aromatic N) is 1. The molecule has 0 aliphatic carbocycles. The van der Waals surface area contributed by atoms with E-state index in [1.54, 1.807) is 4.90 Å². The van der Waals surface area contributed by atoms with Crippen LogP contribution in [0.2, 0.25) is 0 Å². The first-order valence-corrected chi connectivity index (χ1v) is 8.37. The van der Waals surface area contributed by atoms with Gasteiger partial charge in [0.05, 0.1) is 12.6 Å². The quantitative estimate of drug-likeness (QED) is 0.649. The van der Waals surface area contributed by atoms with Gasteiger partial charge in [0.15, 0.2) is 0 Å². The van der Waals surface area contributed by atoms with Crippen molar-refractivity contribution in [2.75, 3.05) is 20.6 Å². The van der Waals surface area contributed by atoms with Crippen molar-refractivity contribution in [2.45, 2.75) is 52.2 Å². The van der Waals surface area contributed by atoms with Crippen molar-refractivity contribution in [3.05, 3.63) is 35.4 Å². The van der Waals surface area contributed by atoms with Crippen LogP contribution in [-0.4, -0.2) is 49.7 Å². The molecule has 0 saturated heterocycles. The molecule has 134 valence electrons. The molecular formula is C19H29NO4. The van der Waals surface area contributed by atoms with Gasteiger partial charge in [-0.3, -0.25) is 14.5 Å². The molecule has 0 N–H and O–H groups in total. The van der Waals surface area contributed by atoms with E-state index in [1.807, 2.05) is 59.1 Å². The van der Waals surface area contributed by atoms with Crippen molar-refractivity contribution in [1.29, 1.82) is 0 Å². The highest BCUT2D eigenvalue weighted by Gasteiger charge is 2.11. The second-order valence-electron chi connectivity index (χ2n) is 6.60. The monoisotopic (exact) mass is 335 g/mol. The summed E-state index contributed by atoms with van der Waals surface area (Å²) < 4.78 is 10.5. The highest BCUT2D eigenvalue weighted by Crippen LogP contribution is 2.11. The largest absolute Gasteiger partial charge is 0.463 e. The molecule has 0 spiro atoms. The highest BCUT2D eigenvalue weighted by molar-refractivity contribution is 5.71. The molecule has 24 heavy (non-hydrogen) atoms. The minimum Gasteiger partial charge on any atom is -0.463 e. The van der Waals surface area contributed by atoms with Gasteiger partial charge in [0, 0.05) is 12.8 Å². The molecule has 0 heterocycles. The van der Waals surface area contributed by atoms with Gasteiger partial charge in [0.25, 0.3) is 0 Å². The van der Waals surface area contributed by atoms with Crippen molar-refractivity contribution in [2.24, 2.45) is 0 Å². The van der Waals surface area contributed by atoms with Gasteiger partial charge in [-0.2, -0.15) is 0 Å². The molecule has 0 aliphatic rings. The number of aryl methyl sites for hydroxylation is 1. The smallest absolute Gasteiger partial charge is 0.320 e. The minimum absolute atomic E-state index is 0.0726. The number of benzene rings is 1. The molecule has 1 aromatic rings. The van der Waals surface area contributed by atoms with Crippen molar-refractivity contribution in [3.63, 3.8) is 0 Å². The van der Waals surface area contributed by atoms with Gasteiger partial charge >= 0.3 is 11.9 Å². The van der Waals surface area contributed by atoms with Crippen molar-refractivity contribution < 1.29 is 19.1 Å². The Morgan fingerprint density at radius 2 is 1.54 bits per heavy atom. The molecule has 0 aliphatic heterocycles. The molecule has 0 saturated carbocycles. The molecule has 1 atom stereocenters. The first kappa shape index (κ1) is 20.2. The molecule has 5 heteroatoms. The van der Waals surface area contributed by atoms with E-state index in [-0.39, 0.29) is 30.7 Å². The summed E-state index contributed by atoms with van der Waals surface area (Å²) in [5.74, 6) is -0.386. The fourth-order valence-corrected chi connectivity index (χ4v) is 2.30. The number of ether oxygens (including phenoxy) is 2. The van der Waals surface area contributed by atoms with Crippen LogP contribution in [0, 0.1) is 0 Å². The third-order valence-corrected chi connectivity index (χ3v) is 3.31. The standard InChI is InChI=1S/C19H29NO4/c1-14(2)23-18(21)11-10-16-6-8-17(9-7-16)12-15(3)24-19(22)13-20(4)5/h6-9,14-15H,10-13H2,1-5H3. The van der Waals surface area contributed by atoms with Crippen LogP contribution in [0.3, 0.4) is 0 Å². The van der Waals surface area contributed by atoms with E-state index in [2.05, 4.69) is 0 Å². The van der Waals surface area contributed by atoms with Crippen LogP contribution in [0.25, 0.3) is 0 Å². The van der Waals surface area contributed by atoms with E-state index < -0.39 is 0 Å². The van der Waals surface area contributed by atoms with Crippen LogP contribution >= 0.6 is 0 Å². The fraction of sp³-hybridized carbons (Fsp3) is 0.579. The number of carbonyl (C=O) groups excluding carboxylic acids is 2. The van der Waals surface area contributed by atoms with Gasteiger partial charge in [-0.15, -0.1) is 0 Å². The Bertz CT molecular complexity index is 523. The van der Waals surface area contributed by atoms with E-state index in [1.165, 1.54) is 0 Å². The maximum absolute atomic E-state index is 11.6. The van der Waals surface area contributed by atoms with Crippen molar-refractivity contribution in [3.8, 4) is 0 Å². The molecule has 0 fully saturated rings. The molecule has 1 unspecified atom stereocenters. The number of hydrogen-bond donors (Lipinski definition) is 0. The Balaban J connectivity index is 2.41. The lowest BCUT2D eigenvalue weighted by molar-refractivity contribution is -0.149. The van der Waals surface area contributed by atoms with Crippen LogP contribution in [0.5, 0.6) is 0 Å². The molecular weight excluding hydrogens is 306 g/mol. The minimum atomic E-state index is -0.215. The van der Waals surface area contributed by atoms with Crippen LogP contribution in [0.15, 0.2) is 24.3 Å². The third-order valence-electron chi connectivity index (χ3n) is 3.31. The van der Waals surface area contributed by atoms with E-state index >= 15 is 0 Å². The summed E-state index contributed by atoms with van der Waals surface area (Å²) in [5.41, 5.74) is 2.20. The van der Waals surface area contributed by atoms with Crippen molar-refractivity contribution in [1.82, 2.24) is 4.90 Å². The van der Waals surface area contributed by atoms with E-state index in [9.17, 15) is 9.59 Å². The van der Waals surface area contributed by atoms with E-state index in [0.29, 0.717) is 19.3 Å². The first-order valence-electron chi connectivity index (χ1n) is 8.37. The third kappa shape index (κ3) is 8.67. The number of esters is 2. The van der Waals surface area contributed by atoms with Gasteiger partial charge in [-0.1, -0.05) is 24.3 Å². The van der Waals surface area contributed by atoms with E-state index in [4.69, 9.17) is 9.47 Å². The second kappa shape index (κ2) is 10.1. The van der Waals surface area contributed by atoms with E-state index in [0.717, 1.165) is 11.1 Å². The molecule has 5 nitrogen and oxygen atoms in total. The highest BCUT2D eigenvalue weighted by atomic mass is 16.5. The van der Waals surface area contributed by atoms with Crippen LogP contribution < -0.4 is 0 Å². The number of rotatable bonds is 9. The zero-order chi connectivity index (χ0) is 18.1. The number of carbonyl (C=O) groups is 2. The normalized spacial score (nSPS) is 12.3. The second-order valence-corrected chi connectivity index (χ2v) is 6.60. The Morgan fingerprint density at radius 1 is 0.958 bits per heavy atom. The Kier molecular flexibility index (Phi) is 8.47. The predicted molar refractivity (Wildman–Crippen MR) is 93.8 cm³/mol. The Morgan fingerprint density at radius 3 is 2.08 bits per heavy atom. The predicted octanol–water partition coefficient (Wildman–Crippen LogP) is 2.61. The summed E-state index contributed by atoms with van der Waals surface area (Å²) in [4.78, 5) is 25.0. The van der Waals surface area contributed by atoms with Gasteiger partial charge in [-0.25, -0.2) is 0 Å². The Hall–Kier alpha value is -1.88. The maximum Gasteiger partial charge on any atom is 0.320 e. The number of hydrogen-bond acceptors (Lipinski definition) is 5. The molecule has 0 bridgehead atoms. The van der Waals surface area contributed by atoms with Crippen LogP contribution in [0.4, 0.5) is 0 Å². The number of likely N-dealkylation sites (N-methyl/N-ethyl adjacent to an activating group) is 1. The van der Waals surface area contributed by atoms with Gasteiger partial charge in [-0.05, 0) is 52.4 Å². The average Bonchev–Trinajstić information content (AvgIpc) is 2.44. The SMILES string of the molecule is CC(C)OC(=O)CCc1ccc(CC(C)OC(=O)CN(C)C)cc1. The lowest BCUT2D eigenvalue weighted by Gasteiger charge is -2.15. The molecule has 1 aromatic carbocycles. The molecule has 0 aromatic heterocycles. The lowest BCUT2D eigenvalue weighted by atomic mass is 10.0.